The van der Waals surface area contributed by atoms with Crippen molar-refractivity contribution < 1.29 is 9.90 Å². The Hall–Kier alpha value is -0.850. The maximum absolute atomic E-state index is 12.4. The number of nitrogens with zero attached hydrogens (tertiary/aromatic N) is 3. The summed E-state index contributed by atoms with van der Waals surface area (Å²) in [4.78, 5) is 18.9. The van der Waals surface area contributed by atoms with Gasteiger partial charge in [0.1, 0.15) is 0 Å². The fraction of sp³-hybridized carbons (Fsp3) is 0.944. The molecule has 0 bridgehead atoms. The molecule has 1 saturated carbocycles. The molecule has 0 spiro atoms. The number of carbonyl (C=O) groups excluding carboxylic acids is 1. The predicted molar refractivity (Wildman–Crippen MR) is 97.2 cm³/mol. The van der Waals surface area contributed by atoms with Crippen LogP contribution >= 0.6 is 0 Å². The molecule has 6 nitrogen and oxygen atoms in total. The van der Waals surface area contributed by atoms with E-state index in [1.165, 1.54) is 32.1 Å². The van der Waals surface area contributed by atoms with Crippen LogP contribution in [0.3, 0.4) is 0 Å². The van der Waals surface area contributed by atoms with Crippen LogP contribution in [0, 0.1) is 5.92 Å². The number of urea groups is 1. The van der Waals surface area contributed by atoms with Gasteiger partial charge >= 0.3 is 6.03 Å². The normalized spacial score (nSPS) is 20.9. The number of piperazine rings is 1. The smallest absolute Gasteiger partial charge is 0.317 e. The minimum absolute atomic E-state index is 0.0195. The Kier molecular flexibility index (Phi) is 8.84. The number of likely N-dealkylation sites (N-methyl/N-ethyl adjacent to an activating group) is 1. The number of aliphatic hydroxyl groups excluding tert-OH is 1. The van der Waals surface area contributed by atoms with Gasteiger partial charge in [-0.15, -0.1) is 0 Å². The summed E-state index contributed by atoms with van der Waals surface area (Å²) in [6.45, 7) is 7.21. The van der Waals surface area contributed by atoms with E-state index in [0.717, 1.165) is 51.6 Å². The van der Waals surface area contributed by atoms with Crippen molar-refractivity contribution in [1.29, 1.82) is 0 Å². The Morgan fingerprint density at radius 3 is 2.50 bits per heavy atom. The first-order chi connectivity index (χ1) is 11.7. The third kappa shape index (κ3) is 6.95. The fourth-order valence-corrected chi connectivity index (χ4v) is 3.75. The molecule has 2 fully saturated rings. The van der Waals surface area contributed by atoms with Crippen LogP contribution in [0.2, 0.25) is 0 Å². The summed E-state index contributed by atoms with van der Waals surface area (Å²) in [6.07, 6.45) is 7.72. The molecule has 2 amide bonds. The van der Waals surface area contributed by atoms with Crippen LogP contribution in [-0.2, 0) is 0 Å². The highest BCUT2D eigenvalue weighted by molar-refractivity contribution is 5.74. The highest BCUT2D eigenvalue weighted by Gasteiger charge is 2.18. The number of hydrogen-bond acceptors (Lipinski definition) is 4. The van der Waals surface area contributed by atoms with Gasteiger partial charge in [0.15, 0.2) is 0 Å². The van der Waals surface area contributed by atoms with E-state index < -0.39 is 0 Å². The van der Waals surface area contributed by atoms with E-state index in [2.05, 4.69) is 22.2 Å². The molecule has 140 valence electrons. The Morgan fingerprint density at radius 1 is 1.12 bits per heavy atom. The number of aliphatic hydroxyl groups is 1. The molecule has 0 aromatic heterocycles. The lowest BCUT2D eigenvalue weighted by atomic mass is 9.87. The Morgan fingerprint density at radius 2 is 1.83 bits per heavy atom. The quantitative estimate of drug-likeness (QED) is 0.697. The molecule has 1 heterocycles. The van der Waals surface area contributed by atoms with Gasteiger partial charge in [-0.05, 0) is 19.4 Å². The molecular formula is C18H36N4O2. The van der Waals surface area contributed by atoms with Gasteiger partial charge in [-0.1, -0.05) is 32.1 Å². The van der Waals surface area contributed by atoms with E-state index in [1.807, 2.05) is 0 Å². The minimum Gasteiger partial charge on any atom is -0.395 e. The number of amides is 2. The number of carbonyl (C=O) groups is 1. The van der Waals surface area contributed by atoms with E-state index >= 15 is 0 Å². The molecule has 0 radical (unpaired) electrons. The van der Waals surface area contributed by atoms with Crippen molar-refractivity contribution in [3.63, 3.8) is 0 Å². The molecule has 0 aromatic rings. The third-order valence-corrected chi connectivity index (χ3v) is 5.49. The van der Waals surface area contributed by atoms with Crippen molar-refractivity contribution in [2.75, 3.05) is 66.0 Å². The first kappa shape index (κ1) is 19.5. The van der Waals surface area contributed by atoms with Gasteiger partial charge in [0.25, 0.3) is 0 Å². The minimum atomic E-state index is -0.0195. The van der Waals surface area contributed by atoms with Crippen LogP contribution in [0.4, 0.5) is 4.79 Å². The van der Waals surface area contributed by atoms with Crippen LogP contribution in [0.15, 0.2) is 0 Å². The van der Waals surface area contributed by atoms with Crippen LogP contribution in [0.5, 0.6) is 0 Å². The zero-order chi connectivity index (χ0) is 17.2. The summed E-state index contributed by atoms with van der Waals surface area (Å²) >= 11 is 0. The second-order valence-corrected chi connectivity index (χ2v) is 7.38. The van der Waals surface area contributed by atoms with Crippen LogP contribution in [0.1, 0.15) is 38.5 Å². The topological polar surface area (TPSA) is 59.0 Å². The van der Waals surface area contributed by atoms with Gasteiger partial charge in [-0.25, -0.2) is 4.79 Å². The summed E-state index contributed by atoms with van der Waals surface area (Å²) in [6, 6.07) is -0.0195. The van der Waals surface area contributed by atoms with E-state index in [1.54, 1.807) is 4.90 Å². The summed E-state index contributed by atoms with van der Waals surface area (Å²) in [5.41, 5.74) is 0. The van der Waals surface area contributed by atoms with Crippen LogP contribution in [0.25, 0.3) is 0 Å². The van der Waals surface area contributed by atoms with Crippen LogP contribution in [-0.4, -0.2) is 91.8 Å². The van der Waals surface area contributed by atoms with Crippen molar-refractivity contribution in [3.05, 3.63) is 0 Å². The average Bonchev–Trinajstić information content (AvgIpc) is 2.61. The first-order valence-corrected chi connectivity index (χ1v) is 9.73. The molecule has 1 aliphatic heterocycles. The molecular weight excluding hydrogens is 304 g/mol. The molecule has 0 unspecified atom stereocenters. The Labute approximate surface area is 147 Å². The number of hydrogen-bond donors (Lipinski definition) is 2. The number of rotatable bonds is 8. The second-order valence-electron chi connectivity index (χ2n) is 7.38. The number of nitrogens with one attached hydrogen (secondary N) is 1. The highest BCUT2D eigenvalue weighted by Crippen LogP contribution is 2.26. The molecule has 1 saturated heterocycles. The van der Waals surface area contributed by atoms with Crippen molar-refractivity contribution >= 4 is 6.03 Å². The lowest BCUT2D eigenvalue weighted by molar-refractivity contribution is 0.149. The van der Waals surface area contributed by atoms with E-state index in [9.17, 15) is 9.90 Å². The summed E-state index contributed by atoms with van der Waals surface area (Å²) in [5, 5.41) is 12.3. The zero-order valence-electron chi connectivity index (χ0n) is 15.4. The zero-order valence-corrected chi connectivity index (χ0v) is 15.4. The van der Waals surface area contributed by atoms with Crippen molar-refractivity contribution in [1.82, 2.24) is 20.0 Å². The van der Waals surface area contributed by atoms with Gasteiger partial charge < -0.3 is 20.2 Å². The second kappa shape index (κ2) is 10.9. The van der Waals surface area contributed by atoms with E-state index in [0.29, 0.717) is 13.1 Å². The Bertz CT molecular complexity index is 353. The summed E-state index contributed by atoms with van der Waals surface area (Å²) in [7, 11) is 2.15. The molecule has 24 heavy (non-hydrogen) atoms. The first-order valence-electron chi connectivity index (χ1n) is 9.73. The monoisotopic (exact) mass is 340 g/mol. The average molecular weight is 341 g/mol. The van der Waals surface area contributed by atoms with Gasteiger partial charge in [0, 0.05) is 52.4 Å². The van der Waals surface area contributed by atoms with Crippen LogP contribution < -0.4 is 5.32 Å². The molecule has 2 N–H and O–H groups in total. The van der Waals surface area contributed by atoms with E-state index in [-0.39, 0.29) is 12.6 Å². The third-order valence-electron chi connectivity index (χ3n) is 5.49. The maximum atomic E-state index is 12.4. The van der Waals surface area contributed by atoms with Crippen molar-refractivity contribution in [2.45, 2.75) is 38.5 Å². The largest absolute Gasteiger partial charge is 0.395 e. The van der Waals surface area contributed by atoms with Gasteiger partial charge in [-0.3, -0.25) is 4.90 Å². The summed E-state index contributed by atoms with van der Waals surface area (Å²) < 4.78 is 0. The molecule has 6 heteroatoms. The lowest BCUT2D eigenvalue weighted by Gasteiger charge is -2.32. The lowest BCUT2D eigenvalue weighted by Crippen LogP contribution is -2.48. The predicted octanol–water partition coefficient (Wildman–Crippen LogP) is 1.21. The fourth-order valence-electron chi connectivity index (χ4n) is 3.75. The molecule has 2 rings (SSSR count). The molecule has 2 aliphatic rings. The SMILES string of the molecule is CN1CCN(CCNC(=O)N(CCO)CCC2CCCCC2)CC1. The molecule has 1 aliphatic carbocycles. The Balaban J connectivity index is 1.64. The van der Waals surface area contributed by atoms with Crippen molar-refractivity contribution in [3.8, 4) is 0 Å². The van der Waals surface area contributed by atoms with E-state index in [4.69, 9.17) is 0 Å². The molecule has 0 aromatic carbocycles. The molecule has 0 atom stereocenters. The highest BCUT2D eigenvalue weighted by atomic mass is 16.3. The summed E-state index contributed by atoms with van der Waals surface area (Å²) in [5.74, 6) is 0.762. The van der Waals surface area contributed by atoms with Gasteiger partial charge in [0.2, 0.25) is 0 Å². The van der Waals surface area contributed by atoms with Gasteiger partial charge in [0.05, 0.1) is 6.61 Å². The maximum Gasteiger partial charge on any atom is 0.317 e. The van der Waals surface area contributed by atoms with Crippen molar-refractivity contribution in [2.24, 2.45) is 5.92 Å². The standard InChI is InChI=1S/C18H36N4O2/c1-20-11-13-21(14-12-20)10-8-19-18(24)22(15-16-23)9-7-17-5-3-2-4-6-17/h17,23H,2-16H2,1H3,(H,19,24). The van der Waals surface area contributed by atoms with Gasteiger partial charge in [-0.2, -0.15) is 0 Å².